The lowest BCUT2D eigenvalue weighted by atomic mass is 9.99. The predicted molar refractivity (Wildman–Crippen MR) is 125 cm³/mol. The zero-order valence-corrected chi connectivity index (χ0v) is 19.8. The SMILES string of the molecule is O=C(CN1CCC[C@H](NS(=O)(=O)c2ccc3cc(Cl)ccc3c2)C1=O)N1CCCC(CO)C1. The molecule has 2 fully saturated rings. The molecule has 2 aliphatic heterocycles. The van der Waals surface area contributed by atoms with E-state index in [0.717, 1.165) is 23.6 Å². The normalized spacial score (nSPS) is 22.1. The number of nitrogens with one attached hydrogen (secondary N) is 1. The van der Waals surface area contributed by atoms with Crippen LogP contribution in [0, 0.1) is 5.92 Å². The first-order valence-corrected chi connectivity index (χ1v) is 13.0. The number of sulfonamides is 1. The molecular formula is C23H28ClN3O5S. The number of hydrogen-bond acceptors (Lipinski definition) is 5. The lowest BCUT2D eigenvalue weighted by molar-refractivity contribution is -0.144. The van der Waals surface area contributed by atoms with E-state index in [1.807, 2.05) is 0 Å². The Labute approximate surface area is 198 Å². The second-order valence-electron chi connectivity index (χ2n) is 8.76. The Morgan fingerprint density at radius 3 is 2.61 bits per heavy atom. The fourth-order valence-corrected chi connectivity index (χ4v) is 5.97. The maximum absolute atomic E-state index is 13.0. The molecule has 2 aromatic carbocycles. The van der Waals surface area contributed by atoms with Gasteiger partial charge >= 0.3 is 0 Å². The molecule has 178 valence electrons. The van der Waals surface area contributed by atoms with Gasteiger partial charge in [0.1, 0.15) is 6.04 Å². The highest BCUT2D eigenvalue weighted by Crippen LogP contribution is 2.24. The predicted octanol–water partition coefficient (Wildman–Crippen LogP) is 1.99. The third kappa shape index (κ3) is 5.48. The maximum Gasteiger partial charge on any atom is 0.242 e. The Kier molecular flexibility index (Phi) is 7.23. The molecule has 4 rings (SSSR count). The molecule has 10 heteroatoms. The van der Waals surface area contributed by atoms with Crippen molar-refractivity contribution in [1.82, 2.24) is 14.5 Å². The number of fused-ring (bicyclic) bond motifs is 1. The Hall–Kier alpha value is -2.20. The molecule has 2 aromatic rings. The minimum Gasteiger partial charge on any atom is -0.396 e. The second-order valence-corrected chi connectivity index (χ2v) is 10.9. The summed E-state index contributed by atoms with van der Waals surface area (Å²) in [7, 11) is -3.93. The number of carbonyl (C=O) groups excluding carboxylic acids is 2. The van der Waals surface area contributed by atoms with E-state index in [4.69, 9.17) is 11.6 Å². The number of amides is 2. The van der Waals surface area contributed by atoms with E-state index >= 15 is 0 Å². The van der Waals surface area contributed by atoms with Crippen LogP contribution in [0.15, 0.2) is 41.3 Å². The van der Waals surface area contributed by atoms with Crippen LogP contribution in [0.5, 0.6) is 0 Å². The monoisotopic (exact) mass is 493 g/mol. The highest BCUT2D eigenvalue weighted by Gasteiger charge is 2.34. The summed E-state index contributed by atoms with van der Waals surface area (Å²) in [6.07, 6.45) is 2.68. The Morgan fingerprint density at radius 2 is 1.82 bits per heavy atom. The maximum atomic E-state index is 13.0. The number of carbonyl (C=O) groups is 2. The van der Waals surface area contributed by atoms with Crippen LogP contribution in [0.2, 0.25) is 5.02 Å². The first-order chi connectivity index (χ1) is 15.8. The number of halogens is 1. The van der Waals surface area contributed by atoms with Gasteiger partial charge in [-0.25, -0.2) is 8.42 Å². The molecule has 2 heterocycles. The van der Waals surface area contributed by atoms with E-state index in [1.165, 1.54) is 11.0 Å². The van der Waals surface area contributed by atoms with Crippen LogP contribution in [0.1, 0.15) is 25.7 Å². The number of hydrogen-bond donors (Lipinski definition) is 2. The smallest absolute Gasteiger partial charge is 0.242 e. The Bertz CT molecular complexity index is 1160. The van der Waals surface area contributed by atoms with Crippen molar-refractivity contribution in [3.8, 4) is 0 Å². The summed E-state index contributed by atoms with van der Waals surface area (Å²) >= 11 is 6.00. The standard InChI is InChI=1S/C23H28ClN3O5S/c24-19-7-5-18-12-20(8-6-17(18)11-19)33(31,32)25-21-4-2-10-27(23(21)30)14-22(29)26-9-1-3-16(13-26)15-28/h5-8,11-12,16,21,25,28H,1-4,9-10,13-15H2/t16?,21-/m0/s1. The first-order valence-electron chi connectivity index (χ1n) is 11.2. The lowest BCUT2D eigenvalue weighted by Crippen LogP contribution is -2.55. The summed E-state index contributed by atoms with van der Waals surface area (Å²) in [6.45, 7) is 1.47. The van der Waals surface area contributed by atoms with Gasteiger partial charge in [0.2, 0.25) is 21.8 Å². The van der Waals surface area contributed by atoms with E-state index in [2.05, 4.69) is 4.72 Å². The van der Waals surface area contributed by atoms with E-state index < -0.39 is 16.1 Å². The zero-order chi connectivity index (χ0) is 23.6. The molecule has 1 unspecified atom stereocenters. The van der Waals surface area contributed by atoms with Crippen molar-refractivity contribution in [2.24, 2.45) is 5.92 Å². The zero-order valence-electron chi connectivity index (χ0n) is 18.2. The van der Waals surface area contributed by atoms with Crippen LogP contribution < -0.4 is 4.72 Å². The number of aliphatic hydroxyl groups excluding tert-OH is 1. The molecule has 8 nitrogen and oxygen atoms in total. The lowest BCUT2D eigenvalue weighted by Gasteiger charge is -2.36. The summed E-state index contributed by atoms with van der Waals surface area (Å²) in [6, 6.07) is 9.01. The molecular weight excluding hydrogens is 466 g/mol. The topological polar surface area (TPSA) is 107 Å². The molecule has 2 saturated heterocycles. The molecule has 2 aliphatic rings. The number of likely N-dealkylation sites (tertiary alicyclic amines) is 2. The van der Waals surface area contributed by atoms with E-state index in [1.54, 1.807) is 35.2 Å². The van der Waals surface area contributed by atoms with E-state index in [0.29, 0.717) is 37.5 Å². The third-order valence-corrected chi connectivity index (χ3v) is 8.07. The summed E-state index contributed by atoms with van der Waals surface area (Å²) in [5.41, 5.74) is 0. The molecule has 33 heavy (non-hydrogen) atoms. The van der Waals surface area contributed by atoms with Gasteiger partial charge in [-0.05, 0) is 66.6 Å². The average Bonchev–Trinajstić information content (AvgIpc) is 2.81. The molecule has 0 aliphatic carbocycles. The quantitative estimate of drug-likeness (QED) is 0.640. The summed E-state index contributed by atoms with van der Waals surface area (Å²) in [5.74, 6) is -0.489. The number of piperidine rings is 2. The molecule has 0 saturated carbocycles. The van der Waals surface area contributed by atoms with Gasteiger partial charge in [-0.2, -0.15) is 4.72 Å². The largest absolute Gasteiger partial charge is 0.396 e. The van der Waals surface area contributed by atoms with Crippen LogP contribution in [0.25, 0.3) is 10.8 Å². The van der Waals surface area contributed by atoms with Gasteiger partial charge in [0, 0.05) is 31.3 Å². The van der Waals surface area contributed by atoms with Crippen molar-refractivity contribution in [2.75, 3.05) is 32.8 Å². The van der Waals surface area contributed by atoms with E-state index in [-0.39, 0.29) is 35.8 Å². The van der Waals surface area contributed by atoms with Crippen molar-refractivity contribution >= 4 is 44.2 Å². The van der Waals surface area contributed by atoms with Gasteiger partial charge in [0.15, 0.2) is 0 Å². The van der Waals surface area contributed by atoms with Gasteiger partial charge in [-0.3, -0.25) is 9.59 Å². The first kappa shape index (κ1) is 23.9. The molecule has 2 atom stereocenters. The van der Waals surface area contributed by atoms with Crippen molar-refractivity contribution in [1.29, 1.82) is 0 Å². The van der Waals surface area contributed by atoms with Crippen molar-refractivity contribution < 1.29 is 23.1 Å². The number of rotatable bonds is 6. The molecule has 2 amide bonds. The summed E-state index contributed by atoms with van der Waals surface area (Å²) < 4.78 is 28.5. The minimum atomic E-state index is -3.93. The summed E-state index contributed by atoms with van der Waals surface area (Å²) in [5, 5.41) is 11.5. The minimum absolute atomic E-state index is 0.0398. The second kappa shape index (κ2) is 9.97. The number of nitrogens with zero attached hydrogens (tertiary/aromatic N) is 2. The molecule has 0 bridgehead atoms. The van der Waals surface area contributed by atoms with Gasteiger partial charge in [-0.15, -0.1) is 0 Å². The van der Waals surface area contributed by atoms with Crippen LogP contribution in [0.3, 0.4) is 0 Å². The van der Waals surface area contributed by atoms with E-state index in [9.17, 15) is 23.1 Å². The van der Waals surface area contributed by atoms with Crippen molar-refractivity contribution in [2.45, 2.75) is 36.6 Å². The number of benzene rings is 2. The average molecular weight is 494 g/mol. The van der Waals surface area contributed by atoms with Gasteiger partial charge < -0.3 is 14.9 Å². The highest BCUT2D eigenvalue weighted by molar-refractivity contribution is 7.89. The Morgan fingerprint density at radius 1 is 1.09 bits per heavy atom. The van der Waals surface area contributed by atoms with Crippen molar-refractivity contribution in [3.05, 3.63) is 41.4 Å². The highest BCUT2D eigenvalue weighted by atomic mass is 35.5. The van der Waals surface area contributed by atoms with Gasteiger partial charge in [0.25, 0.3) is 0 Å². The van der Waals surface area contributed by atoms with Crippen LogP contribution >= 0.6 is 11.6 Å². The number of aliphatic hydroxyl groups is 1. The van der Waals surface area contributed by atoms with Gasteiger partial charge in [0.05, 0.1) is 11.4 Å². The third-order valence-electron chi connectivity index (χ3n) is 6.37. The van der Waals surface area contributed by atoms with Crippen LogP contribution in [-0.4, -0.2) is 74.0 Å². The van der Waals surface area contributed by atoms with Crippen LogP contribution in [-0.2, 0) is 19.6 Å². The fourth-order valence-electron chi connectivity index (χ4n) is 4.53. The molecule has 2 N–H and O–H groups in total. The van der Waals surface area contributed by atoms with Gasteiger partial charge in [-0.1, -0.05) is 23.7 Å². The fraction of sp³-hybridized carbons (Fsp3) is 0.478. The summed E-state index contributed by atoms with van der Waals surface area (Å²) in [4.78, 5) is 28.9. The molecule has 0 aromatic heterocycles. The Balaban J connectivity index is 1.43. The van der Waals surface area contributed by atoms with Crippen LogP contribution in [0.4, 0.5) is 0 Å². The molecule has 0 radical (unpaired) electrons. The van der Waals surface area contributed by atoms with Crippen molar-refractivity contribution in [3.63, 3.8) is 0 Å². The molecule has 0 spiro atoms.